The van der Waals surface area contributed by atoms with Crippen LogP contribution >= 0.6 is 11.6 Å². The third kappa shape index (κ3) is 3.88. The molecule has 0 radical (unpaired) electrons. The van der Waals surface area contributed by atoms with E-state index in [1.807, 2.05) is 6.92 Å². The minimum absolute atomic E-state index is 0.0320. The van der Waals surface area contributed by atoms with Crippen LogP contribution in [0.25, 0.3) is 0 Å². The Morgan fingerprint density at radius 1 is 1.45 bits per heavy atom. The van der Waals surface area contributed by atoms with Gasteiger partial charge in [0.05, 0.1) is 10.9 Å². The van der Waals surface area contributed by atoms with E-state index in [0.717, 1.165) is 6.07 Å². The zero-order chi connectivity index (χ0) is 16.3. The molecule has 1 fully saturated rings. The van der Waals surface area contributed by atoms with Gasteiger partial charge < -0.3 is 14.7 Å². The second-order valence-corrected chi connectivity index (χ2v) is 5.78. The van der Waals surface area contributed by atoms with E-state index in [0.29, 0.717) is 12.8 Å². The molecule has 1 saturated heterocycles. The number of carboxylic acid groups (broad SMARTS) is 1. The van der Waals surface area contributed by atoms with E-state index < -0.39 is 17.7 Å². The predicted octanol–water partition coefficient (Wildman–Crippen LogP) is 2.57. The Bertz CT molecular complexity index is 581. The third-order valence-electron chi connectivity index (χ3n) is 3.80. The molecule has 5 nitrogen and oxygen atoms in total. The van der Waals surface area contributed by atoms with E-state index >= 15 is 0 Å². The molecular formula is C15H17ClFNO4. The SMILES string of the molecule is CC1CCC(C(=O)O)CN1C(=O)COc1ccc(F)cc1Cl. The van der Waals surface area contributed by atoms with Gasteiger partial charge in [0.1, 0.15) is 11.6 Å². The minimum atomic E-state index is -0.896. The monoisotopic (exact) mass is 329 g/mol. The van der Waals surface area contributed by atoms with Crippen LogP contribution in [-0.4, -0.2) is 41.1 Å². The number of hydrogen-bond acceptors (Lipinski definition) is 3. The van der Waals surface area contributed by atoms with Crippen LogP contribution < -0.4 is 4.74 Å². The van der Waals surface area contributed by atoms with Crippen LogP contribution in [0.3, 0.4) is 0 Å². The third-order valence-corrected chi connectivity index (χ3v) is 4.09. The van der Waals surface area contributed by atoms with Crippen LogP contribution in [-0.2, 0) is 9.59 Å². The van der Waals surface area contributed by atoms with Gasteiger partial charge in [0, 0.05) is 12.6 Å². The molecule has 1 amide bonds. The maximum absolute atomic E-state index is 12.9. The predicted molar refractivity (Wildman–Crippen MR) is 78.4 cm³/mol. The topological polar surface area (TPSA) is 66.8 Å². The Balaban J connectivity index is 1.97. The van der Waals surface area contributed by atoms with Crippen molar-refractivity contribution in [2.45, 2.75) is 25.8 Å². The molecule has 1 aliphatic heterocycles. The van der Waals surface area contributed by atoms with Gasteiger partial charge in [-0.3, -0.25) is 9.59 Å². The zero-order valence-corrected chi connectivity index (χ0v) is 12.8. The molecule has 22 heavy (non-hydrogen) atoms. The number of hydrogen-bond donors (Lipinski definition) is 1. The molecule has 7 heteroatoms. The van der Waals surface area contributed by atoms with Crippen LogP contribution in [0.5, 0.6) is 5.75 Å². The van der Waals surface area contributed by atoms with Crippen molar-refractivity contribution in [3.05, 3.63) is 29.0 Å². The lowest BCUT2D eigenvalue weighted by molar-refractivity contribution is -0.147. The van der Waals surface area contributed by atoms with Crippen molar-refractivity contribution in [2.75, 3.05) is 13.2 Å². The molecule has 1 heterocycles. The lowest BCUT2D eigenvalue weighted by atomic mass is 9.93. The second kappa shape index (κ2) is 6.96. The summed E-state index contributed by atoms with van der Waals surface area (Å²) in [6, 6.07) is 3.61. The number of benzene rings is 1. The molecule has 2 unspecified atom stereocenters. The molecule has 1 N–H and O–H groups in total. The molecule has 2 rings (SSSR count). The highest BCUT2D eigenvalue weighted by Crippen LogP contribution is 2.26. The number of rotatable bonds is 4. The first-order valence-electron chi connectivity index (χ1n) is 6.98. The van der Waals surface area contributed by atoms with E-state index in [4.69, 9.17) is 21.4 Å². The number of amides is 1. The van der Waals surface area contributed by atoms with E-state index in [9.17, 15) is 14.0 Å². The average molecular weight is 330 g/mol. The van der Waals surface area contributed by atoms with Crippen molar-refractivity contribution < 1.29 is 23.8 Å². The number of piperidine rings is 1. The van der Waals surface area contributed by atoms with Gasteiger partial charge in [0.15, 0.2) is 6.61 Å². The van der Waals surface area contributed by atoms with Crippen molar-refractivity contribution >= 4 is 23.5 Å². The molecule has 1 aromatic rings. The molecular weight excluding hydrogens is 313 g/mol. The van der Waals surface area contributed by atoms with Crippen LogP contribution in [0.4, 0.5) is 4.39 Å². The van der Waals surface area contributed by atoms with Crippen molar-refractivity contribution in [3.8, 4) is 5.75 Å². The highest BCUT2D eigenvalue weighted by atomic mass is 35.5. The number of nitrogens with zero attached hydrogens (tertiary/aromatic N) is 1. The summed E-state index contributed by atoms with van der Waals surface area (Å²) in [6.45, 7) is 1.79. The van der Waals surface area contributed by atoms with Gasteiger partial charge >= 0.3 is 5.97 Å². The Kier molecular flexibility index (Phi) is 5.24. The van der Waals surface area contributed by atoms with Gasteiger partial charge in [0.25, 0.3) is 5.91 Å². The smallest absolute Gasteiger partial charge is 0.308 e. The van der Waals surface area contributed by atoms with Crippen LogP contribution in [0.2, 0.25) is 5.02 Å². The fourth-order valence-corrected chi connectivity index (χ4v) is 2.69. The lowest BCUT2D eigenvalue weighted by Gasteiger charge is -2.36. The highest BCUT2D eigenvalue weighted by molar-refractivity contribution is 6.32. The first-order chi connectivity index (χ1) is 10.4. The van der Waals surface area contributed by atoms with Crippen molar-refractivity contribution in [1.82, 2.24) is 4.90 Å². The van der Waals surface area contributed by atoms with Gasteiger partial charge in [0.2, 0.25) is 0 Å². The molecule has 2 atom stereocenters. The van der Waals surface area contributed by atoms with E-state index in [1.54, 1.807) is 0 Å². The van der Waals surface area contributed by atoms with E-state index in [1.165, 1.54) is 17.0 Å². The summed E-state index contributed by atoms with van der Waals surface area (Å²) in [7, 11) is 0. The second-order valence-electron chi connectivity index (χ2n) is 5.37. The highest BCUT2D eigenvalue weighted by Gasteiger charge is 2.32. The Morgan fingerprint density at radius 2 is 2.18 bits per heavy atom. The molecule has 1 aliphatic rings. The maximum atomic E-state index is 12.9. The largest absolute Gasteiger partial charge is 0.482 e. The molecule has 0 aliphatic carbocycles. The summed E-state index contributed by atoms with van der Waals surface area (Å²) < 4.78 is 18.2. The molecule has 1 aromatic carbocycles. The number of ether oxygens (including phenoxy) is 1. The Morgan fingerprint density at radius 3 is 2.82 bits per heavy atom. The lowest BCUT2D eigenvalue weighted by Crippen LogP contribution is -2.49. The standard InChI is InChI=1S/C15H17ClFNO4/c1-9-2-3-10(15(20)21)7-18(9)14(19)8-22-13-5-4-11(17)6-12(13)16/h4-6,9-10H,2-3,7-8H2,1H3,(H,20,21). The molecule has 120 valence electrons. The van der Waals surface area contributed by atoms with Gasteiger partial charge in [-0.15, -0.1) is 0 Å². The van der Waals surface area contributed by atoms with Crippen molar-refractivity contribution in [1.29, 1.82) is 0 Å². The minimum Gasteiger partial charge on any atom is -0.482 e. The summed E-state index contributed by atoms with van der Waals surface area (Å²) in [5.74, 6) is -2.02. The number of carbonyl (C=O) groups is 2. The van der Waals surface area contributed by atoms with Crippen LogP contribution in [0.1, 0.15) is 19.8 Å². The Hall–Kier alpha value is -1.82. The summed E-state index contributed by atoms with van der Waals surface area (Å²) >= 11 is 5.82. The van der Waals surface area contributed by atoms with Crippen molar-refractivity contribution in [2.24, 2.45) is 5.92 Å². The van der Waals surface area contributed by atoms with Crippen molar-refractivity contribution in [3.63, 3.8) is 0 Å². The number of likely N-dealkylation sites (tertiary alicyclic amines) is 1. The summed E-state index contributed by atoms with van der Waals surface area (Å²) in [4.78, 5) is 24.8. The van der Waals surface area contributed by atoms with E-state index in [-0.39, 0.29) is 35.9 Å². The number of halogens is 2. The van der Waals surface area contributed by atoms with Crippen LogP contribution in [0.15, 0.2) is 18.2 Å². The average Bonchev–Trinajstić information content (AvgIpc) is 2.46. The molecule has 0 saturated carbocycles. The first-order valence-corrected chi connectivity index (χ1v) is 7.36. The summed E-state index contributed by atoms with van der Waals surface area (Å²) in [5, 5.41) is 9.16. The summed E-state index contributed by atoms with van der Waals surface area (Å²) in [6.07, 6.45) is 1.20. The summed E-state index contributed by atoms with van der Waals surface area (Å²) in [5.41, 5.74) is 0. The van der Waals surface area contributed by atoms with Gasteiger partial charge in [-0.05, 0) is 38.0 Å². The fourth-order valence-electron chi connectivity index (χ4n) is 2.47. The number of aliphatic carboxylic acids is 1. The van der Waals surface area contributed by atoms with Crippen LogP contribution in [0, 0.1) is 11.7 Å². The zero-order valence-electron chi connectivity index (χ0n) is 12.1. The molecule has 0 bridgehead atoms. The normalized spacial score (nSPS) is 21.5. The Labute approximate surface area is 132 Å². The van der Waals surface area contributed by atoms with E-state index in [2.05, 4.69) is 0 Å². The van der Waals surface area contributed by atoms with Gasteiger partial charge in [-0.2, -0.15) is 0 Å². The molecule has 0 aromatic heterocycles. The molecule has 0 spiro atoms. The number of carbonyl (C=O) groups excluding carboxylic acids is 1. The number of carboxylic acids is 1. The first kappa shape index (κ1) is 16.5. The fraction of sp³-hybridized carbons (Fsp3) is 0.467. The van der Waals surface area contributed by atoms with Gasteiger partial charge in [-0.1, -0.05) is 11.6 Å². The quantitative estimate of drug-likeness (QED) is 0.922. The maximum Gasteiger partial charge on any atom is 0.308 e. The van der Waals surface area contributed by atoms with Gasteiger partial charge in [-0.25, -0.2) is 4.39 Å².